The maximum absolute atomic E-state index is 12.3. The Morgan fingerprint density at radius 1 is 1.56 bits per heavy atom. The number of hydrogen-bond donors (Lipinski definition) is 4. The smallest absolute Gasteiger partial charge is 0.366 e. The molecule has 0 aromatic rings. The molecule has 0 aromatic heterocycles. The van der Waals surface area contributed by atoms with Gasteiger partial charge in [0.15, 0.2) is 0 Å². The second-order valence-corrected chi connectivity index (χ2v) is 5.90. The Balaban J connectivity index is 3.25. The van der Waals surface area contributed by atoms with Gasteiger partial charge in [-0.25, -0.2) is 4.79 Å². The Bertz CT molecular complexity index is 596. The molecule has 4 N–H and O–H groups in total. The zero-order valence-corrected chi connectivity index (χ0v) is 15.0. The summed E-state index contributed by atoms with van der Waals surface area (Å²) in [4.78, 5) is 26.2. The fourth-order valence-corrected chi connectivity index (χ4v) is 2.74. The molecule has 1 saturated heterocycles. The van der Waals surface area contributed by atoms with Gasteiger partial charge in [-0.15, -0.1) is 6.58 Å². The van der Waals surface area contributed by atoms with E-state index in [1.807, 2.05) is 0 Å². The third-order valence-electron chi connectivity index (χ3n) is 3.94. The van der Waals surface area contributed by atoms with E-state index in [0.29, 0.717) is 0 Å². The standard InChI is InChI=1S/C15H24N4O8/c1-4-5-26-15(14(24)25-3)6-9(21)11(18-8(2)20)13(27-15)12(23)10(22)7-17-19-16/h4,9-13,21-23H,1,5-7H2,2-3H3,(H,18,20)/t9?,10-,11?,12-,13?,15?/m1/s1. The summed E-state index contributed by atoms with van der Waals surface area (Å²) in [7, 11) is 1.08. The molecule has 1 amide bonds. The molecule has 1 fully saturated rings. The number of carbonyl (C=O) groups excluding carboxylic acids is 2. The van der Waals surface area contributed by atoms with Crippen LogP contribution in [0.4, 0.5) is 0 Å². The highest BCUT2D eigenvalue weighted by Crippen LogP contribution is 2.34. The molecule has 1 rings (SSSR count). The van der Waals surface area contributed by atoms with Gasteiger partial charge in [0.1, 0.15) is 12.2 Å². The van der Waals surface area contributed by atoms with Gasteiger partial charge in [-0.1, -0.05) is 11.2 Å². The van der Waals surface area contributed by atoms with Crippen LogP contribution in [0.1, 0.15) is 13.3 Å². The van der Waals surface area contributed by atoms with E-state index in [0.717, 1.165) is 7.11 Å². The maximum atomic E-state index is 12.3. The summed E-state index contributed by atoms with van der Waals surface area (Å²) < 4.78 is 15.7. The van der Waals surface area contributed by atoms with Crippen LogP contribution in [0.3, 0.4) is 0 Å². The molecule has 4 unspecified atom stereocenters. The number of azide groups is 1. The predicted molar refractivity (Wildman–Crippen MR) is 90.0 cm³/mol. The SMILES string of the molecule is C=CCOC1(C(=O)OC)CC(O)C(NC(C)=O)C([C@H](O)[C@H](O)CN=[N+]=[N-])O1. The molecule has 6 atom stereocenters. The van der Waals surface area contributed by atoms with Gasteiger partial charge in [-0.2, -0.15) is 0 Å². The number of esters is 1. The van der Waals surface area contributed by atoms with Crippen LogP contribution in [-0.4, -0.2) is 83.7 Å². The van der Waals surface area contributed by atoms with Crippen molar-refractivity contribution in [2.24, 2.45) is 5.11 Å². The lowest BCUT2D eigenvalue weighted by Gasteiger charge is -2.46. The van der Waals surface area contributed by atoms with Gasteiger partial charge in [0.2, 0.25) is 5.91 Å². The van der Waals surface area contributed by atoms with Crippen molar-refractivity contribution in [3.8, 4) is 0 Å². The topological polar surface area (TPSA) is 183 Å². The molecule has 0 saturated carbocycles. The van der Waals surface area contributed by atoms with Crippen LogP contribution in [0.15, 0.2) is 17.8 Å². The molecule has 152 valence electrons. The molecule has 0 radical (unpaired) electrons. The molecule has 1 heterocycles. The minimum absolute atomic E-state index is 0.142. The lowest BCUT2D eigenvalue weighted by Crippen LogP contribution is -2.68. The van der Waals surface area contributed by atoms with Crippen molar-refractivity contribution < 1.29 is 39.1 Å². The Morgan fingerprint density at radius 3 is 2.74 bits per heavy atom. The van der Waals surface area contributed by atoms with E-state index < -0.39 is 61.1 Å². The van der Waals surface area contributed by atoms with Crippen LogP contribution < -0.4 is 5.32 Å². The molecule has 0 spiro atoms. The number of amides is 1. The number of aliphatic hydroxyl groups is 3. The highest BCUT2D eigenvalue weighted by atomic mass is 16.7. The van der Waals surface area contributed by atoms with Gasteiger partial charge in [0, 0.05) is 18.3 Å². The predicted octanol–water partition coefficient (Wildman–Crippen LogP) is -1.26. The molecule has 1 aliphatic heterocycles. The zero-order chi connectivity index (χ0) is 20.6. The zero-order valence-electron chi connectivity index (χ0n) is 15.0. The van der Waals surface area contributed by atoms with Crippen molar-refractivity contribution in [3.05, 3.63) is 23.1 Å². The van der Waals surface area contributed by atoms with Gasteiger partial charge in [0.05, 0.1) is 38.5 Å². The Kier molecular flexibility index (Phi) is 8.63. The summed E-state index contributed by atoms with van der Waals surface area (Å²) in [6.45, 7) is 4.00. The Morgan fingerprint density at radius 2 is 2.22 bits per heavy atom. The van der Waals surface area contributed by atoms with E-state index in [1.165, 1.54) is 13.0 Å². The van der Waals surface area contributed by atoms with Crippen molar-refractivity contribution >= 4 is 11.9 Å². The minimum Gasteiger partial charge on any atom is -0.465 e. The molecular weight excluding hydrogens is 364 g/mol. The summed E-state index contributed by atoms with van der Waals surface area (Å²) in [5.41, 5.74) is 8.35. The van der Waals surface area contributed by atoms with E-state index in [9.17, 15) is 24.9 Å². The Hall–Kier alpha value is -2.21. The lowest BCUT2D eigenvalue weighted by atomic mass is 9.88. The molecule has 0 aliphatic carbocycles. The van der Waals surface area contributed by atoms with Gasteiger partial charge < -0.3 is 34.8 Å². The fraction of sp³-hybridized carbons (Fsp3) is 0.733. The van der Waals surface area contributed by atoms with Crippen LogP contribution >= 0.6 is 0 Å². The quantitative estimate of drug-likeness (QED) is 0.124. The number of aliphatic hydroxyl groups excluding tert-OH is 3. The largest absolute Gasteiger partial charge is 0.465 e. The molecule has 12 heteroatoms. The van der Waals surface area contributed by atoms with Crippen molar-refractivity contribution in [2.75, 3.05) is 20.3 Å². The van der Waals surface area contributed by atoms with E-state index >= 15 is 0 Å². The van der Waals surface area contributed by atoms with Crippen molar-refractivity contribution in [3.63, 3.8) is 0 Å². The first-order valence-corrected chi connectivity index (χ1v) is 8.05. The highest BCUT2D eigenvalue weighted by molar-refractivity contribution is 5.78. The average molecular weight is 388 g/mol. The van der Waals surface area contributed by atoms with Gasteiger partial charge >= 0.3 is 5.97 Å². The first-order valence-electron chi connectivity index (χ1n) is 8.05. The molecule has 12 nitrogen and oxygen atoms in total. The highest BCUT2D eigenvalue weighted by Gasteiger charge is 2.56. The third-order valence-corrected chi connectivity index (χ3v) is 3.94. The van der Waals surface area contributed by atoms with Gasteiger partial charge in [-0.05, 0) is 5.53 Å². The minimum atomic E-state index is -2.10. The number of rotatable bonds is 9. The first-order chi connectivity index (χ1) is 12.7. The summed E-state index contributed by atoms with van der Waals surface area (Å²) in [5.74, 6) is -3.62. The van der Waals surface area contributed by atoms with E-state index in [4.69, 9.17) is 15.0 Å². The number of ether oxygens (including phenoxy) is 3. The van der Waals surface area contributed by atoms with Crippen molar-refractivity contribution in [1.82, 2.24) is 5.32 Å². The number of carbonyl (C=O) groups is 2. The van der Waals surface area contributed by atoms with E-state index in [2.05, 4.69) is 26.7 Å². The summed E-state index contributed by atoms with van der Waals surface area (Å²) in [5, 5.41) is 36.5. The second-order valence-electron chi connectivity index (χ2n) is 5.90. The van der Waals surface area contributed by atoms with Crippen molar-refractivity contribution in [1.29, 1.82) is 0 Å². The third kappa shape index (κ3) is 5.63. The lowest BCUT2D eigenvalue weighted by molar-refractivity contribution is -0.308. The number of methoxy groups -OCH3 is 1. The van der Waals surface area contributed by atoms with Crippen LogP contribution in [-0.2, 0) is 23.8 Å². The Labute approximate surface area is 155 Å². The first kappa shape index (κ1) is 22.8. The van der Waals surface area contributed by atoms with Crippen LogP contribution in [0.2, 0.25) is 0 Å². The molecular formula is C15H24N4O8. The fourth-order valence-electron chi connectivity index (χ4n) is 2.74. The summed E-state index contributed by atoms with van der Waals surface area (Å²) in [6.07, 6.45) is -5.28. The summed E-state index contributed by atoms with van der Waals surface area (Å²) in [6, 6.07) is -1.18. The normalized spacial score (nSPS) is 29.7. The van der Waals surface area contributed by atoms with Crippen LogP contribution in [0.5, 0.6) is 0 Å². The number of nitrogens with zero attached hydrogens (tertiary/aromatic N) is 3. The molecule has 0 bridgehead atoms. The molecule has 1 aliphatic rings. The van der Waals surface area contributed by atoms with E-state index in [1.54, 1.807) is 0 Å². The van der Waals surface area contributed by atoms with Gasteiger partial charge in [0.25, 0.3) is 5.79 Å². The number of hydrogen-bond acceptors (Lipinski definition) is 9. The molecule has 27 heavy (non-hydrogen) atoms. The van der Waals surface area contributed by atoms with Crippen molar-refractivity contribution in [2.45, 2.75) is 49.6 Å². The summed E-state index contributed by atoms with van der Waals surface area (Å²) >= 11 is 0. The van der Waals surface area contributed by atoms with Crippen LogP contribution in [0.25, 0.3) is 10.4 Å². The average Bonchev–Trinajstić information content (AvgIpc) is 2.64. The number of nitrogens with one attached hydrogen (secondary N) is 1. The monoisotopic (exact) mass is 388 g/mol. The second kappa shape index (κ2) is 10.2. The van der Waals surface area contributed by atoms with Crippen LogP contribution in [0, 0.1) is 0 Å². The van der Waals surface area contributed by atoms with Gasteiger partial charge in [-0.3, -0.25) is 4.79 Å². The van der Waals surface area contributed by atoms with E-state index in [-0.39, 0.29) is 6.61 Å². The molecule has 0 aromatic carbocycles. The maximum Gasteiger partial charge on any atom is 0.366 e.